The number of nitrogens with zero attached hydrogens (tertiary/aromatic N) is 1. The van der Waals surface area contributed by atoms with Gasteiger partial charge in [-0.2, -0.15) is 4.72 Å². The molecule has 1 aliphatic carbocycles. The first kappa shape index (κ1) is 23.3. The van der Waals surface area contributed by atoms with Gasteiger partial charge in [0.25, 0.3) is 5.91 Å². The molecule has 29 heavy (non-hydrogen) atoms. The van der Waals surface area contributed by atoms with Crippen LogP contribution < -0.4 is 4.72 Å². The number of nitrogens with one attached hydrogen (secondary N) is 1. The molecule has 1 atom stereocenters. The Morgan fingerprint density at radius 3 is 2.34 bits per heavy atom. The summed E-state index contributed by atoms with van der Waals surface area (Å²) in [5, 5.41) is 0. The second kappa shape index (κ2) is 10.2. The molecule has 2 rings (SSSR count). The molecule has 1 fully saturated rings. The molecule has 0 aliphatic heterocycles. The Morgan fingerprint density at radius 2 is 1.83 bits per heavy atom. The van der Waals surface area contributed by atoms with Gasteiger partial charge in [-0.3, -0.25) is 9.59 Å². The van der Waals surface area contributed by atoms with Gasteiger partial charge in [-0.15, -0.1) is 0 Å². The summed E-state index contributed by atoms with van der Waals surface area (Å²) in [6.07, 6.45) is 3.09. The third-order valence-electron chi connectivity index (χ3n) is 4.89. The molecule has 0 bridgehead atoms. The van der Waals surface area contributed by atoms with Gasteiger partial charge in [-0.25, -0.2) is 8.42 Å². The molecule has 1 aromatic rings. The van der Waals surface area contributed by atoms with E-state index in [1.54, 1.807) is 30.9 Å². The molecule has 0 radical (unpaired) electrons. The summed E-state index contributed by atoms with van der Waals surface area (Å²) in [7, 11) is -3.88. The standard InChI is InChI=1S/C21H32N2O5S/c1-5-12-23(13-17-8-9-17)19(24)14-28-21(25)20(15(2)3)22-29(26,27)18-10-6-16(4)7-11-18/h6-7,10-11,15,17,20,22H,5,8-9,12-14H2,1-4H3. The normalized spacial score (nSPS) is 15.2. The molecule has 7 nitrogen and oxygen atoms in total. The summed E-state index contributed by atoms with van der Waals surface area (Å²) in [5.41, 5.74) is 0.935. The number of esters is 1. The van der Waals surface area contributed by atoms with E-state index in [0.717, 1.165) is 24.8 Å². The van der Waals surface area contributed by atoms with Gasteiger partial charge in [0.15, 0.2) is 6.61 Å². The van der Waals surface area contributed by atoms with Crippen molar-refractivity contribution >= 4 is 21.9 Å². The van der Waals surface area contributed by atoms with Crippen molar-refractivity contribution in [1.82, 2.24) is 9.62 Å². The summed E-state index contributed by atoms with van der Waals surface area (Å²) in [5.74, 6) is -0.773. The van der Waals surface area contributed by atoms with E-state index in [1.807, 2.05) is 13.8 Å². The summed E-state index contributed by atoms with van der Waals surface area (Å²) in [6, 6.07) is 5.29. The average molecular weight is 425 g/mol. The number of amides is 1. The highest BCUT2D eigenvalue weighted by Gasteiger charge is 2.31. The number of aryl methyl sites for hydroxylation is 1. The number of carbonyl (C=O) groups excluding carboxylic acids is 2. The highest BCUT2D eigenvalue weighted by Crippen LogP contribution is 2.29. The van der Waals surface area contributed by atoms with Crippen molar-refractivity contribution in [2.24, 2.45) is 11.8 Å². The van der Waals surface area contributed by atoms with E-state index >= 15 is 0 Å². The van der Waals surface area contributed by atoms with Gasteiger partial charge in [0.2, 0.25) is 10.0 Å². The van der Waals surface area contributed by atoms with Crippen molar-refractivity contribution in [2.45, 2.75) is 57.9 Å². The molecule has 1 amide bonds. The minimum Gasteiger partial charge on any atom is -0.454 e. The van der Waals surface area contributed by atoms with Crippen LogP contribution in [0.4, 0.5) is 0 Å². The van der Waals surface area contributed by atoms with E-state index in [1.165, 1.54) is 12.1 Å². The zero-order valence-corrected chi connectivity index (χ0v) is 18.5. The first-order valence-electron chi connectivity index (χ1n) is 10.2. The third-order valence-corrected chi connectivity index (χ3v) is 6.35. The molecule has 0 spiro atoms. The monoisotopic (exact) mass is 424 g/mol. The summed E-state index contributed by atoms with van der Waals surface area (Å²) >= 11 is 0. The van der Waals surface area contributed by atoms with E-state index in [-0.39, 0.29) is 23.3 Å². The summed E-state index contributed by atoms with van der Waals surface area (Å²) in [4.78, 5) is 26.8. The quantitative estimate of drug-likeness (QED) is 0.551. The SMILES string of the molecule is CCCN(CC1CC1)C(=O)COC(=O)C(NS(=O)(=O)c1ccc(C)cc1)C(C)C. The van der Waals surface area contributed by atoms with Crippen molar-refractivity contribution in [2.75, 3.05) is 19.7 Å². The van der Waals surface area contributed by atoms with E-state index in [0.29, 0.717) is 19.0 Å². The minimum atomic E-state index is -3.88. The fourth-order valence-electron chi connectivity index (χ4n) is 2.92. The van der Waals surface area contributed by atoms with Crippen LogP contribution in [-0.2, 0) is 24.3 Å². The average Bonchev–Trinajstić information content (AvgIpc) is 3.48. The van der Waals surface area contributed by atoms with Crippen LogP contribution in [0.1, 0.15) is 45.6 Å². The zero-order valence-electron chi connectivity index (χ0n) is 17.7. The topological polar surface area (TPSA) is 92.8 Å². The number of carbonyl (C=O) groups is 2. The number of ether oxygens (including phenoxy) is 1. The van der Waals surface area contributed by atoms with E-state index in [4.69, 9.17) is 4.74 Å². The minimum absolute atomic E-state index is 0.0798. The van der Waals surface area contributed by atoms with Crippen LogP contribution in [0.3, 0.4) is 0 Å². The van der Waals surface area contributed by atoms with Crippen molar-refractivity contribution < 1.29 is 22.7 Å². The Bertz CT molecular complexity index is 801. The largest absolute Gasteiger partial charge is 0.454 e. The fraction of sp³-hybridized carbons (Fsp3) is 0.619. The number of hydrogen-bond acceptors (Lipinski definition) is 5. The molecule has 0 saturated heterocycles. The maximum Gasteiger partial charge on any atom is 0.324 e. The number of benzene rings is 1. The van der Waals surface area contributed by atoms with E-state index in [9.17, 15) is 18.0 Å². The van der Waals surface area contributed by atoms with E-state index in [2.05, 4.69) is 4.72 Å². The molecule has 1 aromatic carbocycles. The molecular weight excluding hydrogens is 392 g/mol. The Balaban J connectivity index is 1.99. The van der Waals surface area contributed by atoms with Crippen molar-refractivity contribution in [3.05, 3.63) is 29.8 Å². The smallest absolute Gasteiger partial charge is 0.324 e. The van der Waals surface area contributed by atoms with Gasteiger partial charge in [0.05, 0.1) is 4.90 Å². The fourth-order valence-corrected chi connectivity index (χ4v) is 4.26. The van der Waals surface area contributed by atoms with Gasteiger partial charge in [0.1, 0.15) is 6.04 Å². The molecule has 0 heterocycles. The Morgan fingerprint density at radius 1 is 1.21 bits per heavy atom. The van der Waals surface area contributed by atoms with Crippen molar-refractivity contribution in [1.29, 1.82) is 0 Å². The van der Waals surface area contributed by atoms with Gasteiger partial charge >= 0.3 is 5.97 Å². The lowest BCUT2D eigenvalue weighted by Gasteiger charge is -2.24. The maximum absolute atomic E-state index is 12.6. The lowest BCUT2D eigenvalue weighted by Crippen LogP contribution is -2.46. The molecule has 0 aromatic heterocycles. The van der Waals surface area contributed by atoms with Crippen LogP contribution in [0.15, 0.2) is 29.2 Å². The Labute approximate surface area is 173 Å². The Kier molecular flexibility index (Phi) is 8.22. The van der Waals surface area contributed by atoms with Crippen LogP contribution in [0.2, 0.25) is 0 Å². The lowest BCUT2D eigenvalue weighted by atomic mass is 10.1. The number of rotatable bonds is 11. The van der Waals surface area contributed by atoms with Crippen LogP contribution >= 0.6 is 0 Å². The van der Waals surface area contributed by atoms with Crippen molar-refractivity contribution in [3.63, 3.8) is 0 Å². The van der Waals surface area contributed by atoms with Crippen LogP contribution in [0, 0.1) is 18.8 Å². The molecule has 1 unspecified atom stereocenters. The number of hydrogen-bond donors (Lipinski definition) is 1. The Hall–Kier alpha value is -1.93. The second-order valence-electron chi connectivity index (χ2n) is 8.05. The second-order valence-corrected chi connectivity index (χ2v) is 9.76. The molecular formula is C21H32N2O5S. The third kappa shape index (κ3) is 7.12. The first-order valence-corrected chi connectivity index (χ1v) is 11.7. The molecule has 1 aliphatic rings. The first-order chi connectivity index (χ1) is 13.6. The van der Waals surface area contributed by atoms with Gasteiger partial charge in [-0.1, -0.05) is 38.5 Å². The molecule has 162 valence electrons. The van der Waals surface area contributed by atoms with Crippen LogP contribution in [0.5, 0.6) is 0 Å². The van der Waals surface area contributed by atoms with Crippen LogP contribution in [-0.4, -0.2) is 50.9 Å². The highest BCUT2D eigenvalue weighted by atomic mass is 32.2. The predicted molar refractivity (Wildman–Crippen MR) is 111 cm³/mol. The maximum atomic E-state index is 12.6. The van der Waals surface area contributed by atoms with Gasteiger partial charge < -0.3 is 9.64 Å². The molecule has 1 saturated carbocycles. The molecule has 1 N–H and O–H groups in total. The zero-order chi connectivity index (χ0) is 21.6. The summed E-state index contributed by atoms with van der Waals surface area (Å²) in [6.45, 7) is 8.25. The van der Waals surface area contributed by atoms with Gasteiger partial charge in [0, 0.05) is 13.1 Å². The lowest BCUT2D eigenvalue weighted by molar-refractivity contribution is -0.154. The summed E-state index contributed by atoms with van der Waals surface area (Å²) < 4.78 is 32.9. The molecule has 8 heteroatoms. The van der Waals surface area contributed by atoms with Gasteiger partial charge in [-0.05, 0) is 50.2 Å². The van der Waals surface area contributed by atoms with E-state index < -0.39 is 22.0 Å². The van der Waals surface area contributed by atoms with Crippen LogP contribution in [0.25, 0.3) is 0 Å². The number of sulfonamides is 1. The highest BCUT2D eigenvalue weighted by molar-refractivity contribution is 7.89. The predicted octanol–water partition coefficient (Wildman–Crippen LogP) is 2.49. The van der Waals surface area contributed by atoms with Crippen molar-refractivity contribution in [3.8, 4) is 0 Å².